The van der Waals surface area contributed by atoms with E-state index in [9.17, 15) is 24.6 Å². The fraction of sp³-hybridized carbons (Fsp3) is 0.625. The number of rotatable bonds is 3. The molecular formula is C24H29BrO6. The van der Waals surface area contributed by atoms with Gasteiger partial charge >= 0.3 is 5.97 Å². The van der Waals surface area contributed by atoms with Crippen LogP contribution < -0.4 is 0 Å². The van der Waals surface area contributed by atoms with E-state index < -0.39 is 45.2 Å². The zero-order chi connectivity index (χ0) is 23.0. The standard InChI is InChI=1S/C24H29BrO6/c1-13-9-18-17-6-5-15-10-16(27)7-8-21(15,3)23(17,25)19(28)11-22(18,4)24(13,30)20(29)12-31-14(2)26/h5-8,10,13,17-19,28,30H,9,11-12H2,1-4H3/t13?,17-,18-,19?,21-,22-,23-,24-/m0/s1. The number of carbonyl (C=O) groups is 3. The van der Waals surface area contributed by atoms with Gasteiger partial charge in [0.25, 0.3) is 0 Å². The molecule has 0 aromatic carbocycles. The second-order valence-electron chi connectivity index (χ2n) is 10.0. The van der Waals surface area contributed by atoms with E-state index in [0.717, 1.165) is 5.57 Å². The van der Waals surface area contributed by atoms with Crippen LogP contribution in [0.2, 0.25) is 0 Å². The van der Waals surface area contributed by atoms with Crippen molar-refractivity contribution in [2.75, 3.05) is 6.61 Å². The quantitative estimate of drug-likeness (QED) is 0.463. The highest BCUT2D eigenvalue weighted by molar-refractivity contribution is 9.10. The van der Waals surface area contributed by atoms with Crippen molar-refractivity contribution in [3.63, 3.8) is 0 Å². The Kier molecular flexibility index (Phi) is 5.08. The summed E-state index contributed by atoms with van der Waals surface area (Å²) in [5, 5.41) is 23.3. The number of carbonyl (C=O) groups excluding carboxylic acids is 3. The lowest BCUT2D eigenvalue weighted by Gasteiger charge is -2.62. The van der Waals surface area contributed by atoms with E-state index in [4.69, 9.17) is 4.74 Å². The van der Waals surface area contributed by atoms with E-state index >= 15 is 0 Å². The van der Waals surface area contributed by atoms with E-state index in [1.165, 1.54) is 6.92 Å². The first-order chi connectivity index (χ1) is 14.3. The smallest absolute Gasteiger partial charge is 0.303 e. The third-order valence-electron chi connectivity index (χ3n) is 8.62. The van der Waals surface area contributed by atoms with Gasteiger partial charge in [-0.15, -0.1) is 0 Å². The van der Waals surface area contributed by atoms with Gasteiger partial charge < -0.3 is 14.9 Å². The Morgan fingerprint density at radius 3 is 2.61 bits per heavy atom. The summed E-state index contributed by atoms with van der Waals surface area (Å²) in [4.78, 5) is 36.3. The molecule has 0 aromatic heterocycles. The maximum Gasteiger partial charge on any atom is 0.303 e. The number of Topliss-reactive ketones (excluding diaryl/α,β-unsaturated/α-hetero) is 1. The fourth-order valence-corrected chi connectivity index (χ4v) is 7.88. The molecule has 2 fully saturated rings. The predicted octanol–water partition coefficient (Wildman–Crippen LogP) is 2.67. The molecule has 0 aromatic rings. The van der Waals surface area contributed by atoms with Crippen molar-refractivity contribution in [3.8, 4) is 0 Å². The molecule has 6 nitrogen and oxygen atoms in total. The number of aliphatic hydroxyl groups is 2. The number of ether oxygens (including phenoxy) is 1. The molecule has 4 rings (SSSR count). The van der Waals surface area contributed by atoms with Crippen LogP contribution in [0, 0.1) is 28.6 Å². The average Bonchev–Trinajstić information content (AvgIpc) is 2.89. The lowest BCUT2D eigenvalue weighted by Crippen LogP contribution is -2.68. The van der Waals surface area contributed by atoms with Crippen molar-refractivity contribution in [2.24, 2.45) is 28.6 Å². The van der Waals surface area contributed by atoms with E-state index in [-0.39, 0.29) is 30.0 Å². The number of fused-ring (bicyclic) bond motifs is 5. The second-order valence-corrected chi connectivity index (χ2v) is 11.4. The number of ketones is 2. The largest absolute Gasteiger partial charge is 0.458 e. The van der Waals surface area contributed by atoms with E-state index in [1.54, 1.807) is 12.2 Å². The predicted molar refractivity (Wildman–Crippen MR) is 117 cm³/mol. The van der Waals surface area contributed by atoms with Gasteiger partial charge in [-0.3, -0.25) is 14.4 Å². The molecule has 7 heteroatoms. The maximum absolute atomic E-state index is 13.1. The van der Waals surface area contributed by atoms with Crippen LogP contribution in [-0.2, 0) is 19.1 Å². The van der Waals surface area contributed by atoms with Crippen molar-refractivity contribution in [1.82, 2.24) is 0 Å². The summed E-state index contributed by atoms with van der Waals surface area (Å²) in [6, 6.07) is 0. The Labute approximate surface area is 190 Å². The molecule has 31 heavy (non-hydrogen) atoms. The highest BCUT2D eigenvalue weighted by Crippen LogP contribution is 2.70. The van der Waals surface area contributed by atoms with Crippen LogP contribution in [-0.4, -0.2) is 50.4 Å². The van der Waals surface area contributed by atoms with Gasteiger partial charge in [-0.1, -0.05) is 54.9 Å². The number of alkyl halides is 1. The summed E-state index contributed by atoms with van der Waals surface area (Å²) < 4.78 is 4.14. The third-order valence-corrected chi connectivity index (χ3v) is 10.5. The number of allylic oxidation sites excluding steroid dienone is 6. The first-order valence-corrected chi connectivity index (χ1v) is 11.5. The Morgan fingerprint density at radius 1 is 1.29 bits per heavy atom. The second kappa shape index (κ2) is 6.96. The normalized spacial score (nSPS) is 47.8. The Hall–Kier alpha value is -1.57. The number of aliphatic hydroxyl groups excluding tert-OH is 1. The molecule has 0 bridgehead atoms. The number of esters is 1. The first-order valence-electron chi connectivity index (χ1n) is 10.7. The number of halogens is 1. The van der Waals surface area contributed by atoms with Gasteiger partial charge in [-0.25, -0.2) is 0 Å². The van der Waals surface area contributed by atoms with Crippen molar-refractivity contribution < 1.29 is 29.3 Å². The molecule has 4 aliphatic carbocycles. The van der Waals surface area contributed by atoms with Crippen molar-refractivity contribution in [1.29, 1.82) is 0 Å². The Balaban J connectivity index is 1.80. The van der Waals surface area contributed by atoms with Crippen molar-refractivity contribution >= 4 is 33.5 Å². The van der Waals surface area contributed by atoms with Crippen LogP contribution in [0.25, 0.3) is 0 Å². The van der Waals surface area contributed by atoms with Crippen LogP contribution in [0.1, 0.15) is 40.5 Å². The molecule has 8 atom stereocenters. The number of hydrogen-bond donors (Lipinski definition) is 2. The van der Waals surface area contributed by atoms with E-state index in [0.29, 0.717) is 6.42 Å². The maximum atomic E-state index is 13.1. The molecule has 2 unspecified atom stereocenters. The minimum Gasteiger partial charge on any atom is -0.458 e. The lowest BCUT2D eigenvalue weighted by atomic mass is 9.47. The zero-order valence-electron chi connectivity index (χ0n) is 18.2. The topological polar surface area (TPSA) is 101 Å². The van der Waals surface area contributed by atoms with Crippen LogP contribution in [0.3, 0.4) is 0 Å². The highest BCUT2D eigenvalue weighted by Gasteiger charge is 2.73. The van der Waals surface area contributed by atoms with E-state index in [2.05, 4.69) is 15.9 Å². The monoisotopic (exact) mass is 492 g/mol. The summed E-state index contributed by atoms with van der Waals surface area (Å²) in [7, 11) is 0. The summed E-state index contributed by atoms with van der Waals surface area (Å²) in [5.74, 6) is -1.83. The van der Waals surface area contributed by atoms with Gasteiger partial charge in [0, 0.05) is 17.8 Å². The van der Waals surface area contributed by atoms with Gasteiger partial charge in [0.15, 0.2) is 12.4 Å². The van der Waals surface area contributed by atoms with Gasteiger partial charge in [0.1, 0.15) is 5.60 Å². The van der Waals surface area contributed by atoms with Crippen molar-refractivity contribution in [2.45, 2.75) is 56.6 Å². The van der Waals surface area contributed by atoms with Crippen LogP contribution in [0.4, 0.5) is 0 Å². The van der Waals surface area contributed by atoms with Crippen LogP contribution in [0.5, 0.6) is 0 Å². The van der Waals surface area contributed by atoms with Gasteiger partial charge in [0.05, 0.1) is 10.4 Å². The minimum absolute atomic E-state index is 0.0817. The minimum atomic E-state index is -1.72. The van der Waals surface area contributed by atoms with Crippen LogP contribution in [0.15, 0.2) is 36.0 Å². The Morgan fingerprint density at radius 2 is 1.97 bits per heavy atom. The van der Waals surface area contributed by atoms with Crippen molar-refractivity contribution in [3.05, 3.63) is 36.0 Å². The third kappa shape index (κ3) is 2.72. The van der Waals surface area contributed by atoms with Gasteiger partial charge in [0.2, 0.25) is 5.78 Å². The van der Waals surface area contributed by atoms with Crippen LogP contribution >= 0.6 is 15.9 Å². The van der Waals surface area contributed by atoms with Gasteiger partial charge in [-0.2, -0.15) is 0 Å². The fourth-order valence-electron chi connectivity index (χ4n) is 6.88. The molecule has 168 valence electrons. The molecule has 2 saturated carbocycles. The summed E-state index contributed by atoms with van der Waals surface area (Å²) >= 11 is 3.92. The molecule has 2 N–H and O–H groups in total. The summed E-state index contributed by atoms with van der Waals surface area (Å²) in [6.07, 6.45) is 8.84. The molecular weight excluding hydrogens is 464 g/mol. The molecule has 0 aliphatic heterocycles. The summed E-state index contributed by atoms with van der Waals surface area (Å²) in [5.41, 5.74) is -2.40. The first kappa shape index (κ1) is 22.6. The molecule has 0 spiro atoms. The van der Waals surface area contributed by atoms with E-state index in [1.807, 2.05) is 39.0 Å². The SMILES string of the molecule is CC(=O)OCC(=O)[C@@]1(O)C(C)C[C@H]2[C@@H]3C=CC4=CC(=O)C=C[C@]4(C)[C@@]3(Br)C(O)C[C@@]21C. The molecule has 0 saturated heterocycles. The number of hydrogen-bond acceptors (Lipinski definition) is 6. The Bertz CT molecular complexity index is 952. The average molecular weight is 493 g/mol. The summed E-state index contributed by atoms with van der Waals surface area (Å²) in [6.45, 7) is 6.46. The zero-order valence-corrected chi connectivity index (χ0v) is 19.8. The molecule has 0 amide bonds. The molecule has 0 radical (unpaired) electrons. The molecule has 0 heterocycles. The highest BCUT2D eigenvalue weighted by atomic mass is 79.9. The molecule has 4 aliphatic rings. The lowest BCUT2D eigenvalue weighted by molar-refractivity contribution is -0.177. The van der Waals surface area contributed by atoms with Gasteiger partial charge in [-0.05, 0) is 48.3 Å².